The molecule has 0 aliphatic carbocycles. The highest BCUT2D eigenvalue weighted by molar-refractivity contribution is 5.87. The van der Waals surface area contributed by atoms with E-state index < -0.39 is 5.97 Å². The van der Waals surface area contributed by atoms with Gasteiger partial charge >= 0.3 is 5.97 Å². The number of hydrogen-bond donors (Lipinski definition) is 1. The highest BCUT2D eigenvalue weighted by Crippen LogP contribution is 2.11. The molecule has 0 saturated heterocycles. The molecule has 0 amide bonds. The average molecular weight is 270 g/mol. The highest BCUT2D eigenvalue weighted by atomic mass is 16.4. The fraction of sp³-hybridized carbons (Fsp3) is 0.167. The number of aromatic carboxylic acids is 1. The molecule has 0 aliphatic heterocycles. The smallest absolute Gasteiger partial charge is 0.335 e. The zero-order valence-corrected chi connectivity index (χ0v) is 12.1. The van der Waals surface area contributed by atoms with E-state index >= 15 is 0 Å². The lowest BCUT2D eigenvalue weighted by molar-refractivity contribution is 0.0697. The fourth-order valence-electron chi connectivity index (χ4n) is 1.42. The summed E-state index contributed by atoms with van der Waals surface area (Å²) in [4.78, 5) is 10.2. The van der Waals surface area contributed by atoms with E-state index in [0.29, 0.717) is 11.5 Å². The first-order valence-corrected chi connectivity index (χ1v) is 6.44. The summed E-state index contributed by atoms with van der Waals surface area (Å²) in [6.45, 7) is 10.4. The van der Waals surface area contributed by atoms with Gasteiger partial charge in [-0.05, 0) is 23.6 Å². The number of hydrogen-bond acceptors (Lipinski definition) is 1. The molecule has 0 unspecified atom stereocenters. The Hall–Kier alpha value is -2.35. The first-order chi connectivity index (χ1) is 9.61. The second-order valence-corrected chi connectivity index (χ2v) is 4.24. The van der Waals surface area contributed by atoms with Gasteiger partial charge in [0.1, 0.15) is 0 Å². The van der Waals surface area contributed by atoms with Crippen LogP contribution in [0.15, 0.2) is 73.8 Å². The molecule has 0 spiro atoms. The number of rotatable bonds is 2. The topological polar surface area (TPSA) is 37.3 Å². The van der Waals surface area contributed by atoms with Gasteiger partial charge in [0.25, 0.3) is 0 Å². The summed E-state index contributed by atoms with van der Waals surface area (Å²) < 4.78 is 0. The molecule has 0 bridgehead atoms. The van der Waals surface area contributed by atoms with Crippen molar-refractivity contribution in [2.24, 2.45) is 0 Å². The van der Waals surface area contributed by atoms with Crippen LogP contribution in [0.2, 0.25) is 0 Å². The standard InChI is InChI=1S/C9H12.C7H6O2.C2H4/c1-8(2)9-6-4-3-5-7-9;8-7(9)6-4-2-1-3-5-6;1-2/h3-8H,1-2H3;1-5H,(H,8,9);1-2H2. The van der Waals surface area contributed by atoms with Gasteiger partial charge in [-0.1, -0.05) is 62.4 Å². The zero-order valence-electron chi connectivity index (χ0n) is 12.1. The van der Waals surface area contributed by atoms with Gasteiger partial charge in [-0.15, -0.1) is 13.2 Å². The lowest BCUT2D eigenvalue weighted by Crippen LogP contribution is -1.93. The lowest BCUT2D eigenvalue weighted by atomic mass is 10.0. The van der Waals surface area contributed by atoms with Crippen molar-refractivity contribution in [3.8, 4) is 0 Å². The molecule has 2 nitrogen and oxygen atoms in total. The van der Waals surface area contributed by atoms with Crippen molar-refractivity contribution in [3.05, 3.63) is 84.9 Å². The molecular formula is C18H22O2. The second kappa shape index (κ2) is 10.6. The average Bonchev–Trinajstić information content (AvgIpc) is 2.51. The van der Waals surface area contributed by atoms with Gasteiger partial charge in [-0.25, -0.2) is 4.79 Å². The Labute approximate surface area is 121 Å². The quantitative estimate of drug-likeness (QED) is 0.780. The SMILES string of the molecule is C=C.CC(C)c1ccccc1.O=C(O)c1ccccc1. The van der Waals surface area contributed by atoms with Gasteiger partial charge in [-0.3, -0.25) is 0 Å². The van der Waals surface area contributed by atoms with Crippen molar-refractivity contribution in [3.63, 3.8) is 0 Å². The van der Waals surface area contributed by atoms with E-state index in [1.807, 2.05) is 6.07 Å². The van der Waals surface area contributed by atoms with Crippen LogP contribution < -0.4 is 0 Å². The van der Waals surface area contributed by atoms with Crippen LogP contribution in [0.5, 0.6) is 0 Å². The number of carboxylic acid groups (broad SMARTS) is 1. The van der Waals surface area contributed by atoms with Crippen LogP contribution >= 0.6 is 0 Å². The maximum atomic E-state index is 10.2. The Kier molecular flexibility index (Phi) is 9.32. The minimum Gasteiger partial charge on any atom is -0.478 e. The van der Waals surface area contributed by atoms with Crippen LogP contribution in [0, 0.1) is 0 Å². The van der Waals surface area contributed by atoms with Gasteiger partial charge in [-0.2, -0.15) is 0 Å². The first-order valence-electron chi connectivity index (χ1n) is 6.44. The molecule has 20 heavy (non-hydrogen) atoms. The number of benzene rings is 2. The summed E-state index contributed by atoms with van der Waals surface area (Å²) in [5.41, 5.74) is 1.75. The van der Waals surface area contributed by atoms with E-state index in [1.54, 1.807) is 30.3 Å². The van der Waals surface area contributed by atoms with Crippen molar-refractivity contribution in [2.45, 2.75) is 19.8 Å². The third-order valence-electron chi connectivity index (χ3n) is 2.49. The molecule has 2 heteroatoms. The van der Waals surface area contributed by atoms with E-state index in [9.17, 15) is 4.79 Å². The largest absolute Gasteiger partial charge is 0.478 e. The Morgan fingerprint density at radius 1 is 0.900 bits per heavy atom. The van der Waals surface area contributed by atoms with Gasteiger partial charge in [0.05, 0.1) is 5.56 Å². The van der Waals surface area contributed by atoms with Crippen LogP contribution in [0.1, 0.15) is 35.7 Å². The highest BCUT2D eigenvalue weighted by Gasteiger charge is 1.96. The predicted octanol–water partition coefficient (Wildman–Crippen LogP) is 5.00. The van der Waals surface area contributed by atoms with Crippen LogP contribution in [-0.4, -0.2) is 11.1 Å². The molecule has 2 aromatic carbocycles. The summed E-state index contributed by atoms with van der Waals surface area (Å²) in [5, 5.41) is 8.38. The first kappa shape index (κ1) is 17.6. The third-order valence-corrected chi connectivity index (χ3v) is 2.49. The number of carbonyl (C=O) groups is 1. The zero-order chi connectivity index (χ0) is 15.4. The molecule has 0 radical (unpaired) electrons. The second-order valence-electron chi connectivity index (χ2n) is 4.24. The van der Waals surface area contributed by atoms with E-state index in [0.717, 1.165) is 0 Å². The van der Waals surface area contributed by atoms with E-state index in [-0.39, 0.29) is 0 Å². The summed E-state index contributed by atoms with van der Waals surface area (Å²) in [7, 11) is 0. The lowest BCUT2D eigenvalue weighted by Gasteiger charge is -2.01. The molecule has 0 saturated carbocycles. The third kappa shape index (κ3) is 7.17. The summed E-state index contributed by atoms with van der Waals surface area (Å²) in [6, 6.07) is 18.8. The maximum absolute atomic E-state index is 10.2. The van der Waals surface area contributed by atoms with Crippen molar-refractivity contribution >= 4 is 5.97 Å². The van der Waals surface area contributed by atoms with Crippen molar-refractivity contribution in [2.75, 3.05) is 0 Å². The van der Waals surface area contributed by atoms with Crippen LogP contribution in [0.3, 0.4) is 0 Å². The van der Waals surface area contributed by atoms with E-state index in [2.05, 4.69) is 51.3 Å². The van der Waals surface area contributed by atoms with Crippen molar-refractivity contribution < 1.29 is 9.90 Å². The summed E-state index contributed by atoms with van der Waals surface area (Å²) in [6.07, 6.45) is 0. The fourth-order valence-corrected chi connectivity index (χ4v) is 1.42. The minimum absolute atomic E-state index is 0.331. The molecule has 106 valence electrons. The van der Waals surface area contributed by atoms with Crippen LogP contribution in [0.25, 0.3) is 0 Å². The Morgan fingerprint density at radius 2 is 1.30 bits per heavy atom. The van der Waals surface area contributed by atoms with Crippen LogP contribution in [-0.2, 0) is 0 Å². The molecular weight excluding hydrogens is 248 g/mol. The molecule has 0 aromatic heterocycles. The minimum atomic E-state index is -0.879. The molecule has 2 aromatic rings. The Morgan fingerprint density at radius 3 is 1.55 bits per heavy atom. The van der Waals surface area contributed by atoms with Gasteiger partial charge in [0.2, 0.25) is 0 Å². The molecule has 0 fully saturated rings. The Bertz CT molecular complexity index is 475. The normalized spacial score (nSPS) is 8.75. The molecule has 0 aliphatic rings. The molecule has 0 atom stereocenters. The summed E-state index contributed by atoms with van der Waals surface area (Å²) in [5.74, 6) is -0.221. The number of carboxylic acids is 1. The van der Waals surface area contributed by atoms with Gasteiger partial charge < -0.3 is 5.11 Å². The Balaban J connectivity index is 0.000000321. The van der Waals surface area contributed by atoms with E-state index in [4.69, 9.17) is 5.11 Å². The maximum Gasteiger partial charge on any atom is 0.335 e. The molecule has 0 heterocycles. The van der Waals surface area contributed by atoms with Crippen molar-refractivity contribution in [1.29, 1.82) is 0 Å². The molecule has 2 rings (SSSR count). The predicted molar refractivity (Wildman–Crippen MR) is 85.2 cm³/mol. The molecule has 1 N–H and O–H groups in total. The van der Waals surface area contributed by atoms with Crippen molar-refractivity contribution in [1.82, 2.24) is 0 Å². The van der Waals surface area contributed by atoms with Crippen LogP contribution in [0.4, 0.5) is 0 Å². The summed E-state index contributed by atoms with van der Waals surface area (Å²) >= 11 is 0. The van der Waals surface area contributed by atoms with E-state index in [1.165, 1.54) is 5.56 Å². The van der Waals surface area contributed by atoms with Gasteiger partial charge in [0.15, 0.2) is 0 Å². The monoisotopic (exact) mass is 270 g/mol. The van der Waals surface area contributed by atoms with Gasteiger partial charge in [0, 0.05) is 0 Å².